The minimum atomic E-state index is -0.306. The molecule has 0 spiro atoms. The van der Waals surface area contributed by atoms with E-state index in [1.165, 1.54) is 12.8 Å². The Hall–Kier alpha value is -1.79. The molecule has 2 fully saturated rings. The molecule has 1 atom stereocenters. The summed E-state index contributed by atoms with van der Waals surface area (Å²) in [4.78, 5) is 33.8. The van der Waals surface area contributed by atoms with Gasteiger partial charge in [-0.25, -0.2) is 4.99 Å². The molecule has 4 rings (SSSR count). The van der Waals surface area contributed by atoms with Crippen molar-refractivity contribution < 1.29 is 9.59 Å². The van der Waals surface area contributed by atoms with Gasteiger partial charge in [0.15, 0.2) is 0 Å². The van der Waals surface area contributed by atoms with Gasteiger partial charge in [0.25, 0.3) is 5.91 Å². The number of allylic oxidation sites excluding steroid dienone is 3. The number of nitrogens with one attached hydrogen (secondary N) is 1. The molecule has 0 aliphatic heterocycles. The summed E-state index contributed by atoms with van der Waals surface area (Å²) in [7, 11) is 3.38. The maximum atomic E-state index is 14.0. The number of rotatable bonds is 14. The van der Waals surface area contributed by atoms with E-state index in [4.69, 9.17) is 4.99 Å². The highest BCUT2D eigenvalue weighted by Crippen LogP contribution is 2.47. The fourth-order valence-electron chi connectivity index (χ4n) is 7.68. The Kier molecular flexibility index (Phi) is 13.7. The van der Waals surface area contributed by atoms with E-state index >= 15 is 0 Å². The largest absolute Gasteiger partial charge is 0.325 e. The quantitative estimate of drug-likeness (QED) is 0.206. The van der Waals surface area contributed by atoms with E-state index in [2.05, 4.69) is 51.2 Å². The van der Waals surface area contributed by atoms with Gasteiger partial charge in [-0.05, 0) is 68.6 Å². The topological polar surface area (TPSA) is 58.5 Å². The summed E-state index contributed by atoms with van der Waals surface area (Å²) in [5, 5.41) is 3.37. The van der Waals surface area contributed by atoms with Gasteiger partial charge in [0.05, 0.1) is 22.1 Å². The molecule has 1 unspecified atom stereocenters. The van der Waals surface area contributed by atoms with Crippen LogP contribution in [0.15, 0.2) is 58.5 Å². The Morgan fingerprint density at radius 2 is 1.39 bits per heavy atom. The Balaban J connectivity index is 1.48. The average molecular weight is 637 g/mol. The van der Waals surface area contributed by atoms with Gasteiger partial charge < -0.3 is 5.32 Å². The highest BCUT2D eigenvalue weighted by atomic mass is 33.1. The van der Waals surface area contributed by atoms with Crippen LogP contribution in [0.1, 0.15) is 130 Å². The molecule has 0 radical (unpaired) electrons. The minimum Gasteiger partial charge on any atom is -0.325 e. The summed E-state index contributed by atoms with van der Waals surface area (Å²) >= 11 is 0. The first kappa shape index (κ1) is 35.1. The van der Waals surface area contributed by atoms with Gasteiger partial charge in [-0.15, -0.1) is 0 Å². The molecule has 0 bridgehead atoms. The van der Waals surface area contributed by atoms with Crippen LogP contribution in [0.4, 0.5) is 5.69 Å². The lowest BCUT2D eigenvalue weighted by Gasteiger charge is -2.38. The van der Waals surface area contributed by atoms with Gasteiger partial charge in [-0.3, -0.25) is 9.59 Å². The zero-order chi connectivity index (χ0) is 31.4. The molecular formula is C38H56N2O2S2. The van der Waals surface area contributed by atoms with E-state index in [0.29, 0.717) is 11.8 Å². The maximum Gasteiger partial charge on any atom is 0.252 e. The van der Waals surface area contributed by atoms with Gasteiger partial charge in [-0.1, -0.05) is 144 Å². The summed E-state index contributed by atoms with van der Waals surface area (Å²) in [5.41, 5.74) is 1.17. The van der Waals surface area contributed by atoms with Crippen molar-refractivity contribution in [3.05, 3.63) is 48.6 Å². The van der Waals surface area contributed by atoms with E-state index < -0.39 is 0 Å². The van der Waals surface area contributed by atoms with Gasteiger partial charge in [0, 0.05) is 10.3 Å². The Morgan fingerprint density at radius 3 is 2.00 bits per heavy atom. The molecule has 1 N–H and O–H groups in total. The fourth-order valence-corrected chi connectivity index (χ4v) is 10.2. The van der Waals surface area contributed by atoms with Crippen LogP contribution in [-0.4, -0.2) is 22.8 Å². The number of aliphatic imine (C=N–C) groups is 1. The van der Waals surface area contributed by atoms with Crippen LogP contribution in [-0.2, 0) is 9.59 Å². The monoisotopic (exact) mass is 636 g/mol. The van der Waals surface area contributed by atoms with Crippen molar-refractivity contribution in [2.24, 2.45) is 27.7 Å². The van der Waals surface area contributed by atoms with E-state index in [-0.39, 0.29) is 27.9 Å². The number of hydrogen-bond donors (Lipinski definition) is 1. The third kappa shape index (κ3) is 8.93. The van der Waals surface area contributed by atoms with Gasteiger partial charge >= 0.3 is 0 Å². The summed E-state index contributed by atoms with van der Waals surface area (Å²) in [5.74, 6) is 1.46. The van der Waals surface area contributed by atoms with Crippen molar-refractivity contribution in [3.63, 3.8) is 0 Å². The van der Waals surface area contributed by atoms with Crippen LogP contribution in [0.5, 0.6) is 0 Å². The van der Waals surface area contributed by atoms with Crippen LogP contribution in [0.2, 0.25) is 0 Å². The van der Waals surface area contributed by atoms with E-state index in [1.54, 1.807) is 21.6 Å². The number of carbonyl (C=O) groups is 2. The zero-order valence-electron chi connectivity index (χ0n) is 27.7. The molecule has 2 saturated carbocycles. The van der Waals surface area contributed by atoms with Crippen molar-refractivity contribution in [1.29, 1.82) is 0 Å². The molecule has 1 aromatic carbocycles. The van der Waals surface area contributed by atoms with Crippen LogP contribution < -0.4 is 5.32 Å². The number of carbonyl (C=O) groups excluding carboxylic acids is 2. The standard InChI is InChI=1S/C38H56N2O2S2/c1-5-29(6-2)27-37(23-15-9-16-24-37)35(41)39-31-19-11-13-21-33(31)43-44-34-22-14-12-20-32(34)40-36(42)38(25-17-10-18-26-38)28-30(7-3)8-4/h11-14,19-22,29-30,33H,5-10,15-18,23-28H2,1-4H3,(H,40,42). The minimum absolute atomic E-state index is 0.0222. The number of hydrogen-bond acceptors (Lipinski definition) is 4. The fraction of sp³-hybridized carbons (Fsp3) is 0.658. The van der Waals surface area contributed by atoms with Crippen LogP contribution in [0.25, 0.3) is 0 Å². The number of amides is 2. The molecule has 2 amide bonds. The number of nitrogens with zero attached hydrogens (tertiary/aromatic N) is 1. The molecule has 4 nitrogen and oxygen atoms in total. The van der Waals surface area contributed by atoms with Crippen molar-refractivity contribution in [2.75, 3.05) is 5.32 Å². The Labute approximate surface area is 275 Å². The highest BCUT2D eigenvalue weighted by Gasteiger charge is 2.42. The molecule has 0 heterocycles. The van der Waals surface area contributed by atoms with Crippen LogP contribution in [0.3, 0.4) is 0 Å². The second kappa shape index (κ2) is 17.2. The molecule has 6 heteroatoms. The first-order valence-corrected chi connectivity index (χ1v) is 19.8. The first-order valence-electron chi connectivity index (χ1n) is 17.6. The third-order valence-corrected chi connectivity index (χ3v) is 13.5. The number of benzene rings is 1. The Morgan fingerprint density at radius 1 is 0.818 bits per heavy atom. The van der Waals surface area contributed by atoms with Crippen LogP contribution >= 0.6 is 21.6 Å². The number of para-hydroxylation sites is 1. The zero-order valence-corrected chi connectivity index (χ0v) is 29.4. The molecule has 3 aliphatic rings. The normalized spacial score (nSPS) is 22.0. The smallest absolute Gasteiger partial charge is 0.252 e. The van der Waals surface area contributed by atoms with Crippen molar-refractivity contribution in [1.82, 2.24) is 0 Å². The van der Waals surface area contributed by atoms with E-state index in [1.807, 2.05) is 30.4 Å². The second-order valence-electron chi connectivity index (χ2n) is 13.6. The summed E-state index contributed by atoms with van der Waals surface area (Å²) in [6.45, 7) is 9.02. The molecule has 0 aromatic heterocycles. The van der Waals surface area contributed by atoms with Gasteiger partial charge in [0.2, 0.25) is 5.91 Å². The van der Waals surface area contributed by atoms with Crippen LogP contribution in [0, 0.1) is 22.7 Å². The maximum absolute atomic E-state index is 14.0. The Bertz CT molecular complexity index is 1170. The number of anilines is 1. The molecule has 242 valence electrons. The second-order valence-corrected chi connectivity index (χ2v) is 16.0. The molecule has 44 heavy (non-hydrogen) atoms. The third-order valence-electron chi connectivity index (χ3n) is 10.8. The van der Waals surface area contributed by atoms with Crippen molar-refractivity contribution >= 4 is 44.8 Å². The summed E-state index contributed by atoms with van der Waals surface area (Å²) < 4.78 is 0. The molecular weight excluding hydrogens is 581 g/mol. The van der Waals surface area contributed by atoms with E-state index in [0.717, 1.165) is 106 Å². The first-order chi connectivity index (χ1) is 21.4. The van der Waals surface area contributed by atoms with Gasteiger partial charge in [-0.2, -0.15) is 0 Å². The predicted octanol–water partition coefficient (Wildman–Crippen LogP) is 11.4. The van der Waals surface area contributed by atoms with E-state index in [9.17, 15) is 9.59 Å². The predicted molar refractivity (Wildman–Crippen MR) is 191 cm³/mol. The average Bonchev–Trinajstić information content (AvgIpc) is 3.07. The van der Waals surface area contributed by atoms with Crippen molar-refractivity contribution in [3.8, 4) is 0 Å². The summed E-state index contributed by atoms with van der Waals surface area (Å²) in [6.07, 6.45) is 25.6. The molecule has 1 aromatic rings. The lowest BCUT2D eigenvalue weighted by molar-refractivity contribution is -0.130. The lowest BCUT2D eigenvalue weighted by atomic mass is 9.67. The summed E-state index contributed by atoms with van der Waals surface area (Å²) in [6, 6.07) is 8.18. The highest BCUT2D eigenvalue weighted by molar-refractivity contribution is 8.77. The SMILES string of the molecule is CCC(CC)CC1(C(=O)N=C2C=CC=CC2SSc2ccccc2NC(=O)C2(CC(CC)CC)CCCCC2)CCCCC1. The molecule has 3 aliphatic carbocycles. The van der Waals surface area contributed by atoms with Crippen molar-refractivity contribution in [2.45, 2.75) is 141 Å². The lowest BCUT2D eigenvalue weighted by Crippen LogP contribution is -2.39. The van der Waals surface area contributed by atoms with Gasteiger partial charge in [0.1, 0.15) is 0 Å². The molecule has 0 saturated heterocycles.